The van der Waals surface area contributed by atoms with Crippen LogP contribution in [0.3, 0.4) is 0 Å². The van der Waals surface area contributed by atoms with Gasteiger partial charge in [-0.25, -0.2) is 0 Å². The van der Waals surface area contributed by atoms with Gasteiger partial charge in [-0.2, -0.15) is 0 Å². The quantitative estimate of drug-likeness (QED) is 0.644. The van der Waals surface area contributed by atoms with Crippen molar-refractivity contribution in [3.8, 4) is 0 Å². The molecule has 0 bridgehead atoms. The zero-order valence-corrected chi connectivity index (χ0v) is 12.1. The summed E-state index contributed by atoms with van der Waals surface area (Å²) < 4.78 is 0. The lowest BCUT2D eigenvalue weighted by Crippen LogP contribution is -2.31. The largest absolute Gasteiger partial charge is 0.399 e. The second-order valence-electron chi connectivity index (χ2n) is 5.54. The Balaban J connectivity index is 1.79. The molecule has 114 valence electrons. The van der Waals surface area contributed by atoms with Gasteiger partial charge in [0.05, 0.1) is 11.6 Å². The molecule has 1 unspecified atom stereocenters. The first-order valence-electron chi connectivity index (χ1n) is 7.22. The zero-order valence-electron chi connectivity index (χ0n) is 12.1. The summed E-state index contributed by atoms with van der Waals surface area (Å²) >= 11 is 0. The molecule has 3 rings (SSSR count). The number of aromatic nitrogens is 1. The van der Waals surface area contributed by atoms with Crippen LogP contribution in [0.2, 0.25) is 0 Å². The van der Waals surface area contributed by atoms with E-state index in [-0.39, 0.29) is 11.9 Å². The molecule has 0 aliphatic heterocycles. The molecule has 1 aliphatic carbocycles. The number of carbonyl (C=O) groups is 2. The predicted octanol–water partition coefficient (Wildman–Crippen LogP) is 1.50. The molecule has 1 atom stereocenters. The molecule has 2 amide bonds. The SMILES string of the molecule is NC(=O)c1c[nH]c(C(=O)NC2CCCc3cc(N)ccc32)c1. The van der Waals surface area contributed by atoms with Crippen LogP contribution in [-0.2, 0) is 6.42 Å². The van der Waals surface area contributed by atoms with E-state index in [9.17, 15) is 9.59 Å². The Kier molecular flexibility index (Phi) is 3.58. The highest BCUT2D eigenvalue weighted by molar-refractivity contribution is 5.98. The molecular weight excluding hydrogens is 280 g/mol. The Bertz CT molecular complexity index is 735. The van der Waals surface area contributed by atoms with E-state index in [0.29, 0.717) is 11.3 Å². The first-order valence-corrected chi connectivity index (χ1v) is 7.22. The third-order valence-corrected chi connectivity index (χ3v) is 4.00. The van der Waals surface area contributed by atoms with Crippen LogP contribution in [-0.4, -0.2) is 16.8 Å². The summed E-state index contributed by atoms with van der Waals surface area (Å²) in [6.45, 7) is 0. The summed E-state index contributed by atoms with van der Waals surface area (Å²) in [6.07, 6.45) is 4.29. The van der Waals surface area contributed by atoms with Crippen molar-refractivity contribution in [3.05, 3.63) is 52.8 Å². The van der Waals surface area contributed by atoms with Crippen LogP contribution in [0.5, 0.6) is 0 Å². The molecule has 6 heteroatoms. The van der Waals surface area contributed by atoms with Gasteiger partial charge in [-0.1, -0.05) is 6.07 Å². The number of benzene rings is 1. The molecule has 1 aromatic carbocycles. The lowest BCUT2D eigenvalue weighted by Gasteiger charge is -2.26. The Hall–Kier alpha value is -2.76. The summed E-state index contributed by atoms with van der Waals surface area (Å²) in [5.74, 6) is -0.809. The van der Waals surface area contributed by atoms with Gasteiger partial charge in [-0.3, -0.25) is 9.59 Å². The molecule has 0 saturated carbocycles. The van der Waals surface area contributed by atoms with E-state index < -0.39 is 5.91 Å². The molecule has 0 radical (unpaired) electrons. The smallest absolute Gasteiger partial charge is 0.268 e. The van der Waals surface area contributed by atoms with Crippen LogP contribution in [0.4, 0.5) is 5.69 Å². The van der Waals surface area contributed by atoms with Gasteiger partial charge in [0, 0.05) is 11.9 Å². The molecule has 6 N–H and O–H groups in total. The van der Waals surface area contributed by atoms with Crippen molar-refractivity contribution in [1.82, 2.24) is 10.3 Å². The van der Waals surface area contributed by atoms with E-state index >= 15 is 0 Å². The molecule has 0 spiro atoms. The third-order valence-electron chi connectivity index (χ3n) is 4.00. The van der Waals surface area contributed by atoms with E-state index in [0.717, 1.165) is 30.5 Å². The number of hydrogen-bond donors (Lipinski definition) is 4. The molecule has 1 aliphatic rings. The van der Waals surface area contributed by atoms with E-state index in [1.807, 2.05) is 18.2 Å². The van der Waals surface area contributed by atoms with Crippen molar-refractivity contribution >= 4 is 17.5 Å². The molecule has 6 nitrogen and oxygen atoms in total. The number of H-pyrrole nitrogens is 1. The summed E-state index contributed by atoms with van der Waals surface area (Å²) in [4.78, 5) is 26.2. The summed E-state index contributed by atoms with van der Waals surface area (Å²) in [5.41, 5.74) is 14.6. The number of nitrogens with two attached hydrogens (primary N) is 2. The maximum atomic E-state index is 12.3. The fraction of sp³-hybridized carbons (Fsp3) is 0.250. The number of nitrogen functional groups attached to an aromatic ring is 1. The van der Waals surface area contributed by atoms with Crippen molar-refractivity contribution in [2.45, 2.75) is 25.3 Å². The van der Waals surface area contributed by atoms with E-state index in [4.69, 9.17) is 11.5 Å². The molecule has 1 aromatic heterocycles. The number of amides is 2. The minimum Gasteiger partial charge on any atom is -0.399 e. The number of rotatable bonds is 3. The molecule has 2 aromatic rings. The average Bonchev–Trinajstić information content (AvgIpc) is 2.97. The van der Waals surface area contributed by atoms with Crippen molar-refractivity contribution in [3.63, 3.8) is 0 Å². The maximum Gasteiger partial charge on any atom is 0.268 e. The molecule has 1 heterocycles. The number of hydrogen-bond acceptors (Lipinski definition) is 3. The van der Waals surface area contributed by atoms with Crippen molar-refractivity contribution in [2.75, 3.05) is 5.73 Å². The Labute approximate surface area is 127 Å². The predicted molar refractivity (Wildman–Crippen MR) is 83.3 cm³/mol. The highest BCUT2D eigenvalue weighted by atomic mass is 16.2. The number of carbonyl (C=O) groups excluding carboxylic acids is 2. The first kappa shape index (κ1) is 14.2. The molecule has 22 heavy (non-hydrogen) atoms. The van der Waals surface area contributed by atoms with Crippen LogP contribution >= 0.6 is 0 Å². The van der Waals surface area contributed by atoms with Gasteiger partial charge in [0.2, 0.25) is 5.91 Å². The number of nitrogens with one attached hydrogen (secondary N) is 2. The minimum absolute atomic E-state index is 0.0443. The van der Waals surface area contributed by atoms with E-state index in [1.54, 1.807) is 0 Å². The standard InChI is InChI=1S/C16H18N4O2/c17-11-4-5-12-9(6-11)2-1-3-13(12)20-16(22)14-7-10(8-19-14)15(18)21/h4-8,13,19H,1-3,17H2,(H2,18,21)(H,20,22). The van der Waals surface area contributed by atoms with Crippen LogP contribution in [0.25, 0.3) is 0 Å². The van der Waals surface area contributed by atoms with Gasteiger partial charge in [-0.05, 0) is 48.6 Å². The summed E-state index contributed by atoms with van der Waals surface area (Å²) in [5, 5.41) is 3.00. The monoisotopic (exact) mass is 298 g/mol. The minimum atomic E-state index is -0.561. The molecule has 0 fully saturated rings. The second-order valence-corrected chi connectivity index (χ2v) is 5.54. The number of aryl methyl sites for hydroxylation is 1. The zero-order chi connectivity index (χ0) is 15.7. The fourth-order valence-corrected chi connectivity index (χ4v) is 2.89. The van der Waals surface area contributed by atoms with Crippen LogP contribution in [0, 0.1) is 0 Å². The lowest BCUT2D eigenvalue weighted by molar-refractivity contribution is 0.0928. The Morgan fingerprint density at radius 2 is 2.09 bits per heavy atom. The van der Waals surface area contributed by atoms with Gasteiger partial charge < -0.3 is 21.8 Å². The molecular formula is C16H18N4O2. The van der Waals surface area contributed by atoms with Crippen molar-refractivity contribution < 1.29 is 9.59 Å². The normalized spacial score (nSPS) is 16.8. The number of aromatic amines is 1. The van der Waals surface area contributed by atoms with Crippen LogP contribution < -0.4 is 16.8 Å². The Morgan fingerprint density at radius 1 is 1.27 bits per heavy atom. The van der Waals surface area contributed by atoms with Gasteiger partial charge in [0.15, 0.2) is 0 Å². The van der Waals surface area contributed by atoms with Crippen molar-refractivity contribution in [1.29, 1.82) is 0 Å². The maximum absolute atomic E-state index is 12.3. The Morgan fingerprint density at radius 3 is 2.82 bits per heavy atom. The highest BCUT2D eigenvalue weighted by Crippen LogP contribution is 2.31. The number of fused-ring (bicyclic) bond motifs is 1. The van der Waals surface area contributed by atoms with Gasteiger partial charge in [0.25, 0.3) is 5.91 Å². The third kappa shape index (κ3) is 2.67. The van der Waals surface area contributed by atoms with E-state index in [2.05, 4.69) is 10.3 Å². The highest BCUT2D eigenvalue weighted by Gasteiger charge is 2.23. The second kappa shape index (κ2) is 5.55. The first-order chi connectivity index (χ1) is 10.5. The average molecular weight is 298 g/mol. The van der Waals surface area contributed by atoms with Crippen LogP contribution in [0.15, 0.2) is 30.5 Å². The van der Waals surface area contributed by atoms with Gasteiger partial charge in [-0.15, -0.1) is 0 Å². The molecule has 0 saturated heterocycles. The lowest BCUT2D eigenvalue weighted by atomic mass is 9.87. The van der Waals surface area contributed by atoms with Crippen LogP contribution in [0.1, 0.15) is 50.9 Å². The topological polar surface area (TPSA) is 114 Å². The summed E-state index contributed by atoms with van der Waals surface area (Å²) in [7, 11) is 0. The number of primary amides is 1. The van der Waals surface area contributed by atoms with Gasteiger partial charge >= 0.3 is 0 Å². The summed E-state index contributed by atoms with van der Waals surface area (Å²) in [6, 6.07) is 7.21. The van der Waals surface area contributed by atoms with Crippen molar-refractivity contribution in [2.24, 2.45) is 5.73 Å². The number of anilines is 1. The fourth-order valence-electron chi connectivity index (χ4n) is 2.89. The van der Waals surface area contributed by atoms with E-state index in [1.165, 1.54) is 17.8 Å². The van der Waals surface area contributed by atoms with Gasteiger partial charge in [0.1, 0.15) is 5.69 Å².